The van der Waals surface area contributed by atoms with E-state index in [1.807, 2.05) is 0 Å². The topological polar surface area (TPSA) is 78.3 Å². The summed E-state index contributed by atoms with van der Waals surface area (Å²) in [6, 6.07) is 5.52. The maximum atomic E-state index is 13.5. The van der Waals surface area contributed by atoms with Crippen molar-refractivity contribution < 1.29 is 31.5 Å². The van der Waals surface area contributed by atoms with Crippen molar-refractivity contribution in [3.63, 3.8) is 0 Å². The molecule has 26 heavy (non-hydrogen) atoms. The first kappa shape index (κ1) is 17.7. The summed E-state index contributed by atoms with van der Waals surface area (Å²) < 4.78 is 63.5. The predicted octanol–water partition coefficient (Wildman–Crippen LogP) is 4.41. The van der Waals surface area contributed by atoms with Crippen LogP contribution in [0.2, 0.25) is 0 Å². The molecule has 2 aromatic heterocycles. The molecule has 0 radical (unpaired) electrons. The third-order valence-corrected chi connectivity index (χ3v) is 3.61. The Morgan fingerprint density at radius 1 is 1.27 bits per heavy atom. The molecule has 2 heterocycles. The number of fused-ring (bicyclic) bond motifs is 1. The van der Waals surface area contributed by atoms with Crippen molar-refractivity contribution in [2.45, 2.75) is 13.1 Å². The molecule has 0 amide bonds. The minimum absolute atomic E-state index is 0.00426. The van der Waals surface area contributed by atoms with Gasteiger partial charge in [-0.25, -0.2) is 14.2 Å². The highest BCUT2D eigenvalue weighted by molar-refractivity contribution is 6.04. The summed E-state index contributed by atoms with van der Waals surface area (Å²) in [7, 11) is 0. The van der Waals surface area contributed by atoms with Crippen molar-refractivity contribution in [3.8, 4) is 11.3 Å². The maximum absolute atomic E-state index is 13.5. The summed E-state index contributed by atoms with van der Waals surface area (Å²) in [5.74, 6) is -2.08. The molecule has 0 unspecified atom stereocenters. The second-order valence-corrected chi connectivity index (χ2v) is 5.31. The normalized spacial score (nSPS) is 11.7. The van der Waals surface area contributed by atoms with E-state index >= 15 is 0 Å². The number of nitrogen functional groups attached to an aromatic ring is 1. The number of alkyl halides is 3. The number of esters is 1. The van der Waals surface area contributed by atoms with E-state index in [4.69, 9.17) is 14.9 Å². The molecule has 0 aliphatic heterocycles. The fourth-order valence-electron chi connectivity index (χ4n) is 2.46. The Kier molecular flexibility index (Phi) is 4.31. The quantitative estimate of drug-likeness (QED) is 0.547. The Balaban J connectivity index is 2.28. The molecule has 0 atom stereocenters. The van der Waals surface area contributed by atoms with Crippen molar-refractivity contribution in [2.24, 2.45) is 0 Å². The van der Waals surface area contributed by atoms with Crippen LogP contribution in [0.25, 0.3) is 22.4 Å². The Morgan fingerprint density at radius 3 is 2.50 bits per heavy atom. The fourth-order valence-corrected chi connectivity index (χ4v) is 2.46. The molecule has 0 saturated heterocycles. The van der Waals surface area contributed by atoms with Gasteiger partial charge in [-0.15, -0.1) is 0 Å². The Hall–Kier alpha value is -3.10. The van der Waals surface area contributed by atoms with Crippen LogP contribution in [0, 0.1) is 5.82 Å². The van der Waals surface area contributed by atoms with Gasteiger partial charge in [0.2, 0.25) is 11.5 Å². The van der Waals surface area contributed by atoms with E-state index in [2.05, 4.69) is 4.98 Å². The van der Waals surface area contributed by atoms with Crippen LogP contribution in [0.4, 0.5) is 23.2 Å². The van der Waals surface area contributed by atoms with E-state index in [0.29, 0.717) is 0 Å². The van der Waals surface area contributed by atoms with Gasteiger partial charge in [0.25, 0.3) is 0 Å². The molecule has 9 heteroatoms. The molecule has 3 rings (SSSR count). The monoisotopic (exact) mass is 368 g/mol. The Morgan fingerprint density at radius 2 is 1.92 bits per heavy atom. The zero-order valence-corrected chi connectivity index (χ0v) is 13.4. The smallest absolute Gasteiger partial charge is 0.417 e. The summed E-state index contributed by atoms with van der Waals surface area (Å²) in [5.41, 5.74) is 3.76. The van der Waals surface area contributed by atoms with Gasteiger partial charge in [0.1, 0.15) is 5.82 Å². The first-order chi connectivity index (χ1) is 12.2. The molecule has 0 aliphatic carbocycles. The van der Waals surface area contributed by atoms with E-state index in [0.717, 1.165) is 18.2 Å². The number of aromatic nitrogens is 1. The predicted molar refractivity (Wildman–Crippen MR) is 84.8 cm³/mol. The third-order valence-electron chi connectivity index (χ3n) is 3.61. The van der Waals surface area contributed by atoms with Crippen molar-refractivity contribution >= 4 is 22.8 Å². The number of benzene rings is 1. The number of hydrogen-bond donors (Lipinski definition) is 1. The van der Waals surface area contributed by atoms with E-state index in [1.165, 1.54) is 19.1 Å². The number of anilines is 1. The summed E-state index contributed by atoms with van der Waals surface area (Å²) in [4.78, 5) is 15.8. The van der Waals surface area contributed by atoms with Crippen molar-refractivity contribution in [2.75, 3.05) is 12.3 Å². The number of carbonyl (C=O) groups excluding carboxylic acids is 1. The fraction of sp³-hybridized carbons (Fsp3) is 0.176. The molecule has 0 saturated carbocycles. The molecule has 5 nitrogen and oxygen atoms in total. The largest absolute Gasteiger partial charge is 0.460 e. The number of hydrogen-bond acceptors (Lipinski definition) is 5. The molecular formula is C17H12F4N2O3. The summed E-state index contributed by atoms with van der Waals surface area (Å²) >= 11 is 0. The second-order valence-electron chi connectivity index (χ2n) is 5.31. The first-order valence-corrected chi connectivity index (χ1v) is 7.45. The van der Waals surface area contributed by atoms with E-state index in [1.54, 1.807) is 0 Å². The molecule has 0 fully saturated rings. The number of nitrogens with two attached hydrogens (primary N) is 1. The minimum Gasteiger partial charge on any atom is -0.460 e. The lowest BCUT2D eigenvalue weighted by atomic mass is 10.1. The molecule has 0 bridgehead atoms. The molecular weight excluding hydrogens is 356 g/mol. The van der Waals surface area contributed by atoms with Crippen LogP contribution in [-0.2, 0) is 10.9 Å². The van der Waals surface area contributed by atoms with Gasteiger partial charge in [-0.05, 0) is 37.3 Å². The lowest BCUT2D eigenvalue weighted by Gasteiger charge is -2.10. The highest BCUT2D eigenvalue weighted by Crippen LogP contribution is 2.41. The lowest BCUT2D eigenvalue weighted by molar-refractivity contribution is -0.136. The third kappa shape index (κ3) is 3.07. The SMILES string of the molecule is CCOC(=O)c1oc2nc(-c3ccc(F)cc3)cc(C(F)(F)F)c2c1N. The summed E-state index contributed by atoms with van der Waals surface area (Å²) in [6.07, 6.45) is -4.78. The van der Waals surface area contributed by atoms with Crippen molar-refractivity contribution in [1.29, 1.82) is 0 Å². The van der Waals surface area contributed by atoms with Gasteiger partial charge in [0.05, 0.1) is 28.9 Å². The van der Waals surface area contributed by atoms with Crippen molar-refractivity contribution in [1.82, 2.24) is 4.98 Å². The van der Waals surface area contributed by atoms with Crippen LogP contribution in [-0.4, -0.2) is 17.6 Å². The van der Waals surface area contributed by atoms with Gasteiger partial charge < -0.3 is 14.9 Å². The van der Waals surface area contributed by atoms with E-state index in [9.17, 15) is 22.4 Å². The number of nitrogens with zero attached hydrogens (tertiary/aromatic N) is 1. The van der Waals surface area contributed by atoms with Crippen LogP contribution >= 0.6 is 0 Å². The standard InChI is InChI=1S/C17H12F4N2O3/c1-2-25-16(24)14-13(22)12-10(17(19,20)21)7-11(23-15(12)26-14)8-3-5-9(18)6-4-8/h3-7H,2,22H2,1H3. The van der Waals surface area contributed by atoms with Crippen LogP contribution in [0.1, 0.15) is 23.0 Å². The van der Waals surface area contributed by atoms with Crippen LogP contribution in [0.5, 0.6) is 0 Å². The summed E-state index contributed by atoms with van der Waals surface area (Å²) in [5, 5.41) is -0.522. The molecule has 3 aromatic rings. The van der Waals surface area contributed by atoms with E-state index < -0.39 is 46.1 Å². The maximum Gasteiger partial charge on any atom is 0.417 e. The zero-order chi connectivity index (χ0) is 19.1. The van der Waals surface area contributed by atoms with Crippen LogP contribution in [0.15, 0.2) is 34.7 Å². The van der Waals surface area contributed by atoms with Gasteiger partial charge >= 0.3 is 12.1 Å². The molecule has 0 spiro atoms. The molecule has 1 aromatic carbocycles. The van der Waals surface area contributed by atoms with Crippen molar-refractivity contribution in [3.05, 3.63) is 47.5 Å². The number of rotatable bonds is 3. The van der Waals surface area contributed by atoms with Crippen LogP contribution in [0.3, 0.4) is 0 Å². The average Bonchev–Trinajstić information content (AvgIpc) is 2.91. The van der Waals surface area contributed by atoms with Gasteiger partial charge in [-0.2, -0.15) is 13.2 Å². The second kappa shape index (κ2) is 6.32. The minimum atomic E-state index is -4.78. The molecule has 2 N–H and O–H groups in total. The van der Waals surface area contributed by atoms with Gasteiger partial charge in [-0.1, -0.05) is 0 Å². The number of furan rings is 1. The number of pyridine rings is 1. The van der Waals surface area contributed by atoms with Crippen LogP contribution < -0.4 is 5.73 Å². The first-order valence-electron chi connectivity index (χ1n) is 7.45. The number of ether oxygens (including phenoxy) is 1. The number of carbonyl (C=O) groups is 1. The van der Waals surface area contributed by atoms with Gasteiger partial charge in [0, 0.05) is 5.56 Å². The average molecular weight is 368 g/mol. The molecule has 0 aliphatic rings. The highest BCUT2D eigenvalue weighted by Gasteiger charge is 2.37. The molecule has 136 valence electrons. The lowest BCUT2D eigenvalue weighted by Crippen LogP contribution is -2.09. The zero-order valence-electron chi connectivity index (χ0n) is 13.4. The van der Waals surface area contributed by atoms with Gasteiger partial charge in [-0.3, -0.25) is 0 Å². The van der Waals surface area contributed by atoms with Gasteiger partial charge in [0.15, 0.2) is 0 Å². The summed E-state index contributed by atoms with van der Waals surface area (Å²) in [6.45, 7) is 1.53. The highest BCUT2D eigenvalue weighted by atomic mass is 19.4. The Labute approximate surface area is 144 Å². The Bertz CT molecular complexity index is 978. The number of halogens is 4. The van der Waals surface area contributed by atoms with E-state index in [-0.39, 0.29) is 17.9 Å².